The van der Waals surface area contributed by atoms with E-state index in [9.17, 15) is 4.79 Å². The molecule has 2 heteroatoms. The van der Waals surface area contributed by atoms with Crippen LogP contribution in [0.5, 0.6) is 0 Å². The number of rotatable bonds is 0. The van der Waals surface area contributed by atoms with Crippen LogP contribution in [-0.2, 0) is 0 Å². The van der Waals surface area contributed by atoms with Gasteiger partial charge in [-0.05, 0) is 17.9 Å². The Morgan fingerprint density at radius 3 is 2.85 bits per heavy atom. The molecule has 0 aliphatic heterocycles. The Morgan fingerprint density at radius 1 is 1.38 bits per heavy atom. The summed E-state index contributed by atoms with van der Waals surface area (Å²) in [6.07, 6.45) is 0.983. The van der Waals surface area contributed by atoms with Gasteiger partial charge in [0.15, 0.2) is 5.78 Å². The van der Waals surface area contributed by atoms with Crippen molar-refractivity contribution >= 4 is 28.4 Å². The third-order valence-electron chi connectivity index (χ3n) is 2.60. The van der Waals surface area contributed by atoms with Gasteiger partial charge in [-0.1, -0.05) is 53.8 Å². The molecule has 0 N–H and O–H groups in total. The fraction of sp³-hybridized carbons (Fsp3) is 0.364. The summed E-state index contributed by atoms with van der Waals surface area (Å²) in [5.41, 5.74) is 2.15. The Hall–Kier alpha value is -0.380. The van der Waals surface area contributed by atoms with Crippen LogP contribution in [0.3, 0.4) is 0 Å². The van der Waals surface area contributed by atoms with Crippen LogP contribution in [0.25, 0.3) is 0 Å². The summed E-state index contributed by atoms with van der Waals surface area (Å²) in [7, 11) is 0. The van der Waals surface area contributed by atoms with Gasteiger partial charge < -0.3 is 0 Å². The highest BCUT2D eigenvalue weighted by Crippen LogP contribution is 2.34. The number of ketones is 1. The third-order valence-corrected chi connectivity index (χ3v) is 3.68. The van der Waals surface area contributed by atoms with Gasteiger partial charge in [-0.2, -0.15) is 0 Å². The first-order valence-electron chi connectivity index (χ1n) is 4.47. The zero-order valence-corrected chi connectivity index (χ0v) is 9.61. The molecular formula is C11H11IO. The van der Waals surface area contributed by atoms with E-state index in [-0.39, 0.29) is 3.92 Å². The van der Waals surface area contributed by atoms with E-state index in [2.05, 4.69) is 35.6 Å². The van der Waals surface area contributed by atoms with Crippen molar-refractivity contribution in [3.05, 3.63) is 35.4 Å². The van der Waals surface area contributed by atoms with Crippen molar-refractivity contribution in [1.29, 1.82) is 0 Å². The third kappa shape index (κ3) is 1.52. The number of carbonyl (C=O) groups excluding carboxylic acids is 1. The van der Waals surface area contributed by atoms with Gasteiger partial charge in [0.05, 0.1) is 3.92 Å². The molecule has 0 spiro atoms. The van der Waals surface area contributed by atoms with Crippen LogP contribution in [0.1, 0.15) is 35.2 Å². The maximum Gasteiger partial charge on any atom is 0.175 e. The molecule has 0 unspecified atom stereocenters. The van der Waals surface area contributed by atoms with Crippen molar-refractivity contribution in [3.8, 4) is 0 Å². The van der Waals surface area contributed by atoms with Gasteiger partial charge in [-0.15, -0.1) is 0 Å². The van der Waals surface area contributed by atoms with Crippen LogP contribution in [0.2, 0.25) is 0 Å². The summed E-state index contributed by atoms with van der Waals surface area (Å²) in [5.74, 6) is 0.824. The maximum absolute atomic E-state index is 11.8. The molecule has 0 saturated carbocycles. The fourth-order valence-corrected chi connectivity index (χ4v) is 2.96. The Labute approximate surface area is 91.7 Å². The zero-order chi connectivity index (χ0) is 9.42. The number of carbonyl (C=O) groups is 1. The van der Waals surface area contributed by atoms with Crippen LogP contribution < -0.4 is 0 Å². The lowest BCUT2D eigenvalue weighted by molar-refractivity contribution is 0.0980. The Bertz CT molecular complexity index is 346. The van der Waals surface area contributed by atoms with E-state index in [4.69, 9.17) is 0 Å². The number of hydrogen-bond acceptors (Lipinski definition) is 1. The minimum absolute atomic E-state index is 0.169. The van der Waals surface area contributed by atoms with Gasteiger partial charge >= 0.3 is 0 Å². The van der Waals surface area contributed by atoms with Crippen molar-refractivity contribution in [2.45, 2.75) is 23.2 Å². The average Bonchev–Trinajstić information content (AvgIpc) is 2.15. The molecule has 1 nitrogen and oxygen atoms in total. The Balaban J connectivity index is 2.54. The molecule has 2 rings (SSSR count). The summed E-state index contributed by atoms with van der Waals surface area (Å²) < 4.78 is 0.169. The zero-order valence-electron chi connectivity index (χ0n) is 7.46. The first-order chi connectivity index (χ1) is 6.20. The second kappa shape index (κ2) is 3.40. The van der Waals surface area contributed by atoms with Crippen molar-refractivity contribution in [3.63, 3.8) is 0 Å². The molecule has 1 aromatic rings. The lowest BCUT2D eigenvalue weighted by Gasteiger charge is -2.24. The van der Waals surface area contributed by atoms with Gasteiger partial charge in [-0.25, -0.2) is 0 Å². The fourth-order valence-electron chi connectivity index (χ4n) is 1.86. The van der Waals surface area contributed by atoms with E-state index in [1.807, 2.05) is 18.2 Å². The smallest absolute Gasteiger partial charge is 0.175 e. The number of halogens is 1. The summed E-state index contributed by atoms with van der Waals surface area (Å²) in [4.78, 5) is 11.8. The molecule has 1 aliphatic carbocycles. The monoisotopic (exact) mass is 286 g/mol. The molecule has 0 aromatic heterocycles. The van der Waals surface area contributed by atoms with E-state index in [0.717, 1.165) is 12.0 Å². The molecular weight excluding hydrogens is 275 g/mol. The Kier molecular flexibility index (Phi) is 2.41. The summed E-state index contributed by atoms with van der Waals surface area (Å²) in [6.45, 7) is 2.19. The lowest BCUT2D eigenvalue weighted by atomic mass is 9.83. The molecule has 0 saturated heterocycles. The van der Waals surface area contributed by atoms with Crippen molar-refractivity contribution < 1.29 is 4.79 Å². The topological polar surface area (TPSA) is 17.1 Å². The molecule has 0 amide bonds. The Morgan fingerprint density at radius 2 is 2.08 bits per heavy atom. The largest absolute Gasteiger partial charge is 0.293 e. The molecule has 13 heavy (non-hydrogen) atoms. The van der Waals surface area contributed by atoms with Gasteiger partial charge in [-0.3, -0.25) is 4.79 Å². The first kappa shape index (κ1) is 9.19. The van der Waals surface area contributed by atoms with E-state index in [1.165, 1.54) is 5.56 Å². The molecule has 1 aromatic carbocycles. The van der Waals surface area contributed by atoms with E-state index in [0.29, 0.717) is 11.7 Å². The minimum atomic E-state index is 0.169. The normalized spacial score (nSPS) is 27.1. The second-order valence-corrected chi connectivity index (χ2v) is 5.06. The summed E-state index contributed by atoms with van der Waals surface area (Å²) >= 11 is 2.25. The lowest BCUT2D eigenvalue weighted by Crippen LogP contribution is -2.24. The predicted molar refractivity (Wildman–Crippen MR) is 61.6 cm³/mol. The molecule has 68 valence electrons. The van der Waals surface area contributed by atoms with Crippen LogP contribution in [0, 0.1) is 0 Å². The number of Topliss-reactive ketones (excluding diaryl/α,β-unsaturated/α-hetero) is 1. The summed E-state index contributed by atoms with van der Waals surface area (Å²) in [5, 5.41) is 0. The highest BCUT2D eigenvalue weighted by molar-refractivity contribution is 14.1. The molecule has 0 bridgehead atoms. The van der Waals surface area contributed by atoms with Crippen molar-refractivity contribution in [2.24, 2.45) is 0 Å². The number of hydrogen-bond donors (Lipinski definition) is 0. The SMILES string of the molecule is C[C@H]1C[C@H](I)C(=O)c2ccccc21. The number of alkyl halides is 1. The molecule has 1 aliphatic rings. The average molecular weight is 286 g/mol. The molecule has 0 heterocycles. The standard InChI is InChI=1S/C11H11IO/c1-7-6-10(12)11(13)9-5-3-2-4-8(7)9/h2-5,7,10H,6H2,1H3/t7-,10-/m0/s1. The van der Waals surface area contributed by atoms with E-state index < -0.39 is 0 Å². The van der Waals surface area contributed by atoms with E-state index in [1.54, 1.807) is 0 Å². The molecule has 0 fully saturated rings. The highest BCUT2D eigenvalue weighted by Gasteiger charge is 2.28. The van der Waals surface area contributed by atoms with Crippen LogP contribution >= 0.6 is 22.6 Å². The maximum atomic E-state index is 11.8. The quantitative estimate of drug-likeness (QED) is 0.529. The minimum Gasteiger partial charge on any atom is -0.293 e. The van der Waals surface area contributed by atoms with Crippen LogP contribution in [0.15, 0.2) is 24.3 Å². The van der Waals surface area contributed by atoms with Gasteiger partial charge in [0.2, 0.25) is 0 Å². The van der Waals surface area contributed by atoms with Gasteiger partial charge in [0.25, 0.3) is 0 Å². The van der Waals surface area contributed by atoms with Crippen molar-refractivity contribution in [1.82, 2.24) is 0 Å². The first-order valence-corrected chi connectivity index (χ1v) is 5.72. The van der Waals surface area contributed by atoms with Crippen molar-refractivity contribution in [2.75, 3.05) is 0 Å². The molecule has 2 atom stereocenters. The second-order valence-electron chi connectivity index (χ2n) is 3.56. The van der Waals surface area contributed by atoms with Gasteiger partial charge in [0.1, 0.15) is 0 Å². The van der Waals surface area contributed by atoms with Gasteiger partial charge in [0, 0.05) is 5.56 Å². The number of benzene rings is 1. The van der Waals surface area contributed by atoms with Crippen LogP contribution in [0.4, 0.5) is 0 Å². The number of fused-ring (bicyclic) bond motifs is 1. The predicted octanol–water partition coefficient (Wildman–Crippen LogP) is 3.18. The van der Waals surface area contributed by atoms with Crippen LogP contribution in [-0.4, -0.2) is 9.71 Å². The highest BCUT2D eigenvalue weighted by atomic mass is 127. The summed E-state index contributed by atoms with van der Waals surface area (Å²) in [6, 6.07) is 7.97. The molecule has 0 radical (unpaired) electrons. The van der Waals surface area contributed by atoms with E-state index >= 15 is 0 Å².